The molecule has 0 saturated heterocycles. The predicted molar refractivity (Wildman–Crippen MR) is 94.0 cm³/mol. The number of aliphatic hydroxyl groups is 2. The van der Waals surface area contributed by atoms with Gasteiger partial charge in [-0.25, -0.2) is 4.39 Å². The zero-order chi connectivity index (χ0) is 18.5. The Morgan fingerprint density at radius 1 is 1.28 bits per heavy atom. The van der Waals surface area contributed by atoms with Crippen molar-refractivity contribution in [3.63, 3.8) is 0 Å². The molecule has 134 valence electrons. The van der Waals surface area contributed by atoms with Crippen LogP contribution in [0.4, 0.5) is 4.39 Å². The number of carbonyl (C=O) groups excluding carboxylic acids is 1. The van der Waals surface area contributed by atoms with Crippen LogP contribution in [0.1, 0.15) is 24.8 Å². The van der Waals surface area contributed by atoms with E-state index in [1.165, 1.54) is 19.2 Å². The van der Waals surface area contributed by atoms with Crippen molar-refractivity contribution in [3.8, 4) is 11.8 Å². The van der Waals surface area contributed by atoms with E-state index in [1.807, 2.05) is 0 Å². The number of allylic oxidation sites excluding steroid dienone is 3. The second-order valence-electron chi connectivity index (χ2n) is 5.41. The van der Waals surface area contributed by atoms with E-state index in [9.17, 15) is 19.4 Å². The van der Waals surface area contributed by atoms with Crippen LogP contribution in [0, 0.1) is 17.7 Å². The summed E-state index contributed by atoms with van der Waals surface area (Å²) in [6.45, 7) is 0. The summed E-state index contributed by atoms with van der Waals surface area (Å²) in [5, 5.41) is 19.5. The molecule has 1 rings (SSSR count). The summed E-state index contributed by atoms with van der Waals surface area (Å²) in [5.74, 6) is 4.73. The Morgan fingerprint density at radius 3 is 2.68 bits per heavy atom. The molecule has 0 fully saturated rings. The van der Waals surface area contributed by atoms with Gasteiger partial charge in [-0.1, -0.05) is 42.2 Å². The van der Waals surface area contributed by atoms with Crippen molar-refractivity contribution in [1.82, 2.24) is 0 Å². The van der Waals surface area contributed by atoms with Gasteiger partial charge in [0.2, 0.25) is 0 Å². The number of rotatable bonds is 8. The van der Waals surface area contributed by atoms with Crippen LogP contribution >= 0.6 is 0 Å². The van der Waals surface area contributed by atoms with Gasteiger partial charge in [0.05, 0.1) is 13.2 Å². The Kier molecular flexibility index (Phi) is 9.91. The van der Waals surface area contributed by atoms with E-state index in [0.717, 1.165) is 5.56 Å². The molecule has 0 aromatic heterocycles. The topological polar surface area (TPSA) is 66.8 Å². The van der Waals surface area contributed by atoms with E-state index in [4.69, 9.17) is 0 Å². The number of aliphatic hydroxyl groups excluding tert-OH is 2. The highest BCUT2D eigenvalue weighted by Crippen LogP contribution is 2.06. The molecule has 0 unspecified atom stereocenters. The molecule has 2 N–H and O–H groups in total. The maximum Gasteiger partial charge on any atom is 0.305 e. The fourth-order valence-electron chi connectivity index (χ4n) is 1.98. The number of benzene rings is 1. The lowest BCUT2D eigenvalue weighted by Gasteiger charge is -2.04. The molecule has 0 aliphatic carbocycles. The van der Waals surface area contributed by atoms with E-state index < -0.39 is 12.2 Å². The molecule has 25 heavy (non-hydrogen) atoms. The van der Waals surface area contributed by atoms with Crippen molar-refractivity contribution in [2.24, 2.45) is 0 Å². The molecule has 0 spiro atoms. The summed E-state index contributed by atoms with van der Waals surface area (Å²) >= 11 is 0. The molecule has 0 bridgehead atoms. The van der Waals surface area contributed by atoms with Gasteiger partial charge in [0, 0.05) is 12.8 Å². The number of ether oxygens (including phenoxy) is 1. The van der Waals surface area contributed by atoms with Gasteiger partial charge in [-0.05, 0) is 36.6 Å². The van der Waals surface area contributed by atoms with Gasteiger partial charge >= 0.3 is 5.97 Å². The van der Waals surface area contributed by atoms with Crippen LogP contribution in [0.2, 0.25) is 0 Å². The third-order valence-corrected chi connectivity index (χ3v) is 3.32. The van der Waals surface area contributed by atoms with E-state index in [2.05, 4.69) is 16.6 Å². The molecule has 0 aliphatic heterocycles. The van der Waals surface area contributed by atoms with E-state index >= 15 is 0 Å². The number of carbonyl (C=O) groups is 1. The summed E-state index contributed by atoms with van der Waals surface area (Å²) in [5.41, 5.74) is 0.845. The normalized spacial score (nSPS) is 13.4. The molecular weight excluding hydrogens is 323 g/mol. The minimum atomic E-state index is -0.789. The minimum Gasteiger partial charge on any atom is -0.469 e. The molecule has 0 radical (unpaired) electrons. The van der Waals surface area contributed by atoms with E-state index in [0.29, 0.717) is 19.3 Å². The standard InChI is InChI=1S/C20H23FO4/c1-25-20(24)10-6-9-18(22)7-4-2-3-5-8-19(23)15-16-11-13-17(21)14-12-16/h2-3,5,8,11-14,18-19,22-23H,6,9-10,15H2,1H3/b3-2+,8-5+/t18-,19+/m1/s1. The largest absolute Gasteiger partial charge is 0.469 e. The average molecular weight is 346 g/mol. The highest BCUT2D eigenvalue weighted by Gasteiger charge is 2.03. The Bertz CT molecular complexity index is 638. The first-order valence-corrected chi connectivity index (χ1v) is 8.03. The van der Waals surface area contributed by atoms with Crippen LogP contribution in [0.25, 0.3) is 0 Å². The van der Waals surface area contributed by atoms with Crippen LogP contribution in [-0.2, 0) is 16.0 Å². The van der Waals surface area contributed by atoms with Gasteiger partial charge in [-0.15, -0.1) is 0 Å². The molecule has 1 aromatic carbocycles. The molecule has 0 amide bonds. The van der Waals surface area contributed by atoms with Crippen LogP contribution in [0.15, 0.2) is 48.6 Å². The monoisotopic (exact) mass is 346 g/mol. The summed E-state index contributed by atoms with van der Waals surface area (Å²) < 4.78 is 17.3. The zero-order valence-electron chi connectivity index (χ0n) is 14.2. The lowest BCUT2D eigenvalue weighted by atomic mass is 10.1. The quantitative estimate of drug-likeness (QED) is 0.431. The third-order valence-electron chi connectivity index (χ3n) is 3.32. The summed E-state index contributed by atoms with van der Waals surface area (Å²) in [6, 6.07) is 5.99. The van der Waals surface area contributed by atoms with Gasteiger partial charge in [-0.2, -0.15) is 0 Å². The Hall–Kier alpha value is -2.42. The van der Waals surface area contributed by atoms with Crippen molar-refractivity contribution in [2.45, 2.75) is 37.9 Å². The molecule has 5 heteroatoms. The Morgan fingerprint density at radius 2 is 2.00 bits per heavy atom. The lowest BCUT2D eigenvalue weighted by molar-refractivity contribution is -0.140. The van der Waals surface area contributed by atoms with Crippen molar-refractivity contribution >= 4 is 5.97 Å². The van der Waals surface area contributed by atoms with Crippen molar-refractivity contribution < 1.29 is 24.1 Å². The smallest absolute Gasteiger partial charge is 0.305 e. The van der Waals surface area contributed by atoms with Crippen molar-refractivity contribution in [1.29, 1.82) is 0 Å². The minimum absolute atomic E-state index is 0.264. The zero-order valence-corrected chi connectivity index (χ0v) is 14.2. The summed E-state index contributed by atoms with van der Waals surface area (Å²) in [6.07, 6.45) is 6.60. The second kappa shape index (κ2) is 12.0. The molecule has 1 aromatic rings. The van der Waals surface area contributed by atoms with Crippen LogP contribution in [0.3, 0.4) is 0 Å². The van der Waals surface area contributed by atoms with Gasteiger partial charge < -0.3 is 14.9 Å². The SMILES string of the molecule is COC(=O)CCC[C@H](O)C#C/C=C/C=C/[C@H](O)Cc1ccc(F)cc1. The molecule has 0 aliphatic rings. The Labute approximate surface area is 147 Å². The van der Waals surface area contributed by atoms with Gasteiger partial charge in [-0.3, -0.25) is 4.79 Å². The third kappa shape index (κ3) is 10.1. The maximum absolute atomic E-state index is 12.8. The maximum atomic E-state index is 12.8. The molecule has 2 atom stereocenters. The van der Waals surface area contributed by atoms with Gasteiger partial charge in [0.1, 0.15) is 11.9 Å². The summed E-state index contributed by atoms with van der Waals surface area (Å²) in [4.78, 5) is 10.9. The van der Waals surface area contributed by atoms with Crippen molar-refractivity contribution in [3.05, 3.63) is 60.0 Å². The Balaban J connectivity index is 2.28. The number of hydrogen-bond acceptors (Lipinski definition) is 4. The fraction of sp³-hybridized carbons (Fsp3) is 0.350. The fourth-order valence-corrected chi connectivity index (χ4v) is 1.98. The average Bonchev–Trinajstić information content (AvgIpc) is 2.59. The van der Waals surface area contributed by atoms with Gasteiger partial charge in [0.25, 0.3) is 0 Å². The highest BCUT2D eigenvalue weighted by molar-refractivity contribution is 5.68. The molecule has 0 heterocycles. The molecule has 0 saturated carbocycles. The first kappa shape index (κ1) is 20.6. The highest BCUT2D eigenvalue weighted by atomic mass is 19.1. The van der Waals surface area contributed by atoms with Crippen LogP contribution in [-0.4, -0.2) is 35.5 Å². The van der Waals surface area contributed by atoms with Crippen molar-refractivity contribution in [2.75, 3.05) is 7.11 Å². The molecule has 4 nitrogen and oxygen atoms in total. The number of hydrogen-bond donors (Lipinski definition) is 2. The first-order valence-electron chi connectivity index (χ1n) is 8.03. The number of methoxy groups -OCH3 is 1. The molecular formula is C20H23FO4. The van der Waals surface area contributed by atoms with Gasteiger partial charge in [0.15, 0.2) is 0 Å². The van der Waals surface area contributed by atoms with Crippen LogP contribution < -0.4 is 0 Å². The number of halogens is 1. The van der Waals surface area contributed by atoms with E-state index in [-0.39, 0.29) is 18.2 Å². The van der Waals surface area contributed by atoms with E-state index in [1.54, 1.807) is 36.4 Å². The first-order chi connectivity index (χ1) is 12.0. The van der Waals surface area contributed by atoms with Crippen LogP contribution in [0.5, 0.6) is 0 Å². The summed E-state index contributed by atoms with van der Waals surface area (Å²) in [7, 11) is 1.33. The predicted octanol–water partition coefficient (Wildman–Crippen LogP) is 2.55. The lowest BCUT2D eigenvalue weighted by Crippen LogP contribution is -2.06. The number of esters is 1. The second-order valence-corrected chi connectivity index (χ2v) is 5.41.